The second-order valence-electron chi connectivity index (χ2n) is 6.18. The van der Waals surface area contributed by atoms with Crippen molar-refractivity contribution in [1.29, 1.82) is 0 Å². The van der Waals surface area contributed by atoms with E-state index in [-0.39, 0.29) is 12.4 Å². The van der Waals surface area contributed by atoms with Gasteiger partial charge in [0.05, 0.1) is 5.69 Å². The highest BCUT2D eigenvalue weighted by Gasteiger charge is 2.19. The fraction of sp³-hybridized carbons (Fsp3) is 0.143. The van der Waals surface area contributed by atoms with Crippen molar-refractivity contribution in [3.63, 3.8) is 0 Å². The largest absolute Gasteiger partial charge is 0.329 e. The van der Waals surface area contributed by atoms with E-state index in [1.54, 1.807) is 11.8 Å². The van der Waals surface area contributed by atoms with Gasteiger partial charge in [0, 0.05) is 29.7 Å². The van der Waals surface area contributed by atoms with Crippen LogP contribution in [0.3, 0.4) is 0 Å². The summed E-state index contributed by atoms with van der Waals surface area (Å²) in [5.74, 6) is 2.43. The first-order chi connectivity index (χ1) is 12.7. The van der Waals surface area contributed by atoms with Crippen molar-refractivity contribution >= 4 is 53.4 Å². The molecule has 2 heterocycles. The molecule has 1 aliphatic rings. The number of thioether (sulfide) groups is 1. The Hall–Kier alpha value is -2.50. The van der Waals surface area contributed by atoms with E-state index in [2.05, 4.69) is 53.9 Å². The number of nitrogens with zero attached hydrogens (tertiary/aromatic N) is 3. The van der Waals surface area contributed by atoms with E-state index in [1.165, 1.54) is 5.56 Å². The van der Waals surface area contributed by atoms with Gasteiger partial charge < -0.3 is 10.2 Å². The molecule has 0 spiro atoms. The summed E-state index contributed by atoms with van der Waals surface area (Å²) in [6.45, 7) is 2.08. The maximum Gasteiger partial charge on any atom is 0.229 e. The van der Waals surface area contributed by atoms with Gasteiger partial charge in [-0.1, -0.05) is 36.4 Å². The van der Waals surface area contributed by atoms with Gasteiger partial charge in [-0.2, -0.15) is 4.98 Å². The van der Waals surface area contributed by atoms with E-state index < -0.39 is 0 Å². The normalized spacial score (nSPS) is 12.1. The van der Waals surface area contributed by atoms with Crippen molar-refractivity contribution in [1.82, 2.24) is 9.97 Å². The maximum absolute atomic E-state index is 4.86. The SMILES string of the molecule is Cc1ccccc1Nc1nc2c(c(N(C)c3ccccc3)n1)CSC=C2.Cl. The number of fused-ring (bicyclic) bond motifs is 1. The Morgan fingerprint density at radius 1 is 1.00 bits per heavy atom. The summed E-state index contributed by atoms with van der Waals surface area (Å²) in [5, 5.41) is 5.48. The van der Waals surface area contributed by atoms with Crippen molar-refractivity contribution < 1.29 is 0 Å². The van der Waals surface area contributed by atoms with E-state index in [0.717, 1.165) is 34.2 Å². The Kier molecular flexibility index (Phi) is 6.04. The predicted molar refractivity (Wildman–Crippen MR) is 119 cm³/mol. The van der Waals surface area contributed by atoms with Crippen LogP contribution >= 0.6 is 24.2 Å². The summed E-state index contributed by atoms with van der Waals surface area (Å²) in [7, 11) is 2.05. The summed E-state index contributed by atoms with van der Waals surface area (Å²) >= 11 is 1.77. The third-order valence-corrected chi connectivity index (χ3v) is 5.20. The lowest BCUT2D eigenvalue weighted by molar-refractivity contribution is 1.04. The van der Waals surface area contributed by atoms with Crippen molar-refractivity contribution in [2.45, 2.75) is 12.7 Å². The Morgan fingerprint density at radius 2 is 1.74 bits per heavy atom. The molecule has 1 aromatic heterocycles. The number of para-hydroxylation sites is 2. The van der Waals surface area contributed by atoms with Crippen LogP contribution in [0.5, 0.6) is 0 Å². The van der Waals surface area contributed by atoms with Crippen molar-refractivity contribution in [2.75, 3.05) is 17.3 Å². The van der Waals surface area contributed by atoms with E-state index in [0.29, 0.717) is 5.95 Å². The van der Waals surface area contributed by atoms with Gasteiger partial charge in [-0.25, -0.2) is 4.98 Å². The highest BCUT2D eigenvalue weighted by atomic mass is 35.5. The molecule has 6 heteroatoms. The fourth-order valence-corrected chi connectivity index (χ4v) is 3.72. The Labute approximate surface area is 170 Å². The molecule has 138 valence electrons. The van der Waals surface area contributed by atoms with Gasteiger partial charge in [0.1, 0.15) is 5.82 Å². The number of hydrogen-bond acceptors (Lipinski definition) is 5. The van der Waals surface area contributed by atoms with Crippen LogP contribution < -0.4 is 10.2 Å². The molecule has 4 nitrogen and oxygen atoms in total. The molecule has 0 bridgehead atoms. The lowest BCUT2D eigenvalue weighted by Crippen LogP contribution is -2.17. The topological polar surface area (TPSA) is 41.1 Å². The molecule has 0 aliphatic carbocycles. The van der Waals surface area contributed by atoms with Crippen molar-refractivity contribution in [2.24, 2.45) is 0 Å². The summed E-state index contributed by atoms with van der Waals surface area (Å²) in [4.78, 5) is 11.7. The van der Waals surface area contributed by atoms with Crippen LogP contribution in [0, 0.1) is 6.92 Å². The minimum absolute atomic E-state index is 0. The standard InChI is InChI=1S/C21H20N4S.ClH/c1-15-8-6-7-11-18(15)22-21-23-19-12-13-26-14-17(19)20(24-21)25(2)16-9-4-3-5-10-16;/h3-13H,14H2,1-2H3,(H,22,23,24);1H. The molecule has 4 rings (SSSR count). The number of benzene rings is 2. The highest BCUT2D eigenvalue weighted by molar-refractivity contribution is 8.01. The zero-order valence-electron chi connectivity index (χ0n) is 15.2. The van der Waals surface area contributed by atoms with Gasteiger partial charge in [-0.05, 0) is 42.2 Å². The van der Waals surface area contributed by atoms with Gasteiger partial charge in [-0.15, -0.1) is 24.2 Å². The number of aromatic nitrogens is 2. The minimum Gasteiger partial charge on any atom is -0.329 e. The van der Waals surface area contributed by atoms with Crippen LogP contribution in [0.15, 0.2) is 60.0 Å². The van der Waals surface area contributed by atoms with Crippen LogP contribution in [0.2, 0.25) is 0 Å². The number of hydrogen-bond donors (Lipinski definition) is 1. The lowest BCUT2D eigenvalue weighted by Gasteiger charge is -2.24. The predicted octanol–water partition coefficient (Wildman–Crippen LogP) is 5.94. The second kappa shape index (κ2) is 8.46. The molecule has 0 amide bonds. The highest BCUT2D eigenvalue weighted by Crippen LogP contribution is 2.35. The number of rotatable bonds is 4. The summed E-state index contributed by atoms with van der Waals surface area (Å²) < 4.78 is 0. The smallest absolute Gasteiger partial charge is 0.229 e. The van der Waals surface area contributed by atoms with Crippen molar-refractivity contribution in [3.8, 4) is 0 Å². The van der Waals surface area contributed by atoms with E-state index in [4.69, 9.17) is 9.97 Å². The first-order valence-corrected chi connectivity index (χ1v) is 9.58. The zero-order chi connectivity index (χ0) is 17.9. The van der Waals surface area contributed by atoms with E-state index in [9.17, 15) is 0 Å². The number of nitrogens with one attached hydrogen (secondary N) is 1. The summed E-state index contributed by atoms with van der Waals surface area (Å²) in [5.41, 5.74) is 5.44. The summed E-state index contributed by atoms with van der Waals surface area (Å²) in [6, 6.07) is 18.5. The molecule has 27 heavy (non-hydrogen) atoms. The van der Waals surface area contributed by atoms with Gasteiger partial charge in [0.25, 0.3) is 0 Å². The van der Waals surface area contributed by atoms with E-state index >= 15 is 0 Å². The fourth-order valence-electron chi connectivity index (χ4n) is 2.95. The van der Waals surface area contributed by atoms with Crippen LogP contribution in [0.25, 0.3) is 6.08 Å². The molecule has 0 atom stereocenters. The first-order valence-electron chi connectivity index (χ1n) is 8.53. The first kappa shape index (κ1) is 19.3. The quantitative estimate of drug-likeness (QED) is 0.591. The number of anilines is 4. The summed E-state index contributed by atoms with van der Waals surface area (Å²) in [6.07, 6.45) is 2.07. The monoisotopic (exact) mass is 396 g/mol. The van der Waals surface area contributed by atoms with Gasteiger partial charge in [0.2, 0.25) is 5.95 Å². The molecule has 0 fully saturated rings. The molecule has 0 radical (unpaired) electrons. The molecule has 0 unspecified atom stereocenters. The second-order valence-corrected chi connectivity index (χ2v) is 7.08. The van der Waals surface area contributed by atoms with Gasteiger partial charge in [0.15, 0.2) is 0 Å². The van der Waals surface area contributed by atoms with Crippen LogP contribution in [0.4, 0.5) is 23.1 Å². The molecule has 0 saturated carbocycles. The average molecular weight is 397 g/mol. The third kappa shape index (κ3) is 4.10. The Bertz CT molecular complexity index is 960. The minimum atomic E-state index is 0. The maximum atomic E-state index is 4.86. The number of halogens is 1. The Morgan fingerprint density at radius 3 is 2.52 bits per heavy atom. The molecular weight excluding hydrogens is 376 g/mol. The average Bonchev–Trinajstić information content (AvgIpc) is 2.69. The molecule has 1 N–H and O–H groups in total. The van der Waals surface area contributed by atoms with Crippen LogP contribution in [-0.4, -0.2) is 17.0 Å². The van der Waals surface area contributed by atoms with Gasteiger partial charge in [-0.3, -0.25) is 0 Å². The molecule has 1 aliphatic heterocycles. The van der Waals surface area contributed by atoms with Crippen molar-refractivity contribution in [3.05, 3.63) is 76.8 Å². The third-order valence-electron chi connectivity index (χ3n) is 4.42. The molecule has 3 aromatic rings. The lowest BCUT2D eigenvalue weighted by atomic mass is 10.2. The van der Waals surface area contributed by atoms with Crippen LogP contribution in [-0.2, 0) is 5.75 Å². The van der Waals surface area contributed by atoms with Crippen LogP contribution in [0.1, 0.15) is 16.8 Å². The molecular formula is C21H21ClN4S. The van der Waals surface area contributed by atoms with Gasteiger partial charge >= 0.3 is 0 Å². The molecule has 0 saturated heterocycles. The Balaban J connectivity index is 0.00000210. The molecule has 2 aromatic carbocycles. The number of aryl methyl sites for hydroxylation is 1. The van der Waals surface area contributed by atoms with E-state index in [1.807, 2.05) is 36.4 Å². The zero-order valence-corrected chi connectivity index (χ0v) is 16.8.